The van der Waals surface area contributed by atoms with Crippen LogP contribution in [0, 0.1) is 10.1 Å². The van der Waals surface area contributed by atoms with Gasteiger partial charge in [0.1, 0.15) is 0 Å². The molecule has 0 bridgehead atoms. The Bertz CT molecular complexity index is 643. The fourth-order valence-corrected chi connectivity index (χ4v) is 2.62. The number of primary amides is 1. The van der Waals surface area contributed by atoms with Crippen LogP contribution in [0.3, 0.4) is 0 Å². The highest BCUT2D eigenvalue weighted by Gasteiger charge is 2.20. The number of nitrogens with one attached hydrogen (secondary N) is 1. The number of nitrogens with zero attached hydrogens (tertiary/aromatic N) is 1. The molecule has 0 saturated heterocycles. The van der Waals surface area contributed by atoms with Gasteiger partial charge in [-0.15, -0.1) is 0 Å². The summed E-state index contributed by atoms with van der Waals surface area (Å²) in [6, 6.07) is 2.79. The van der Waals surface area contributed by atoms with Crippen LogP contribution >= 0.6 is 0 Å². The molecule has 0 fully saturated rings. The van der Waals surface area contributed by atoms with Gasteiger partial charge in [-0.3, -0.25) is 14.9 Å². The number of carbonyl (C=O) groups excluding carboxylic acids is 1. The molecule has 0 heterocycles. The van der Waals surface area contributed by atoms with E-state index >= 15 is 0 Å². The summed E-state index contributed by atoms with van der Waals surface area (Å²) in [6.45, 7) is 0.0737. The minimum Gasteiger partial charge on any atom is -0.502 e. The Hall–Kier alpha value is -2.20. The molecule has 0 aromatic heterocycles. The van der Waals surface area contributed by atoms with Crippen molar-refractivity contribution in [3.8, 4) is 5.75 Å². The number of nitro groups is 1. The first-order valence-electron chi connectivity index (χ1n) is 5.99. The van der Waals surface area contributed by atoms with Crippen molar-refractivity contribution in [3.05, 3.63) is 28.3 Å². The van der Waals surface area contributed by atoms with Gasteiger partial charge in [-0.1, -0.05) is 0 Å². The molecule has 1 amide bonds. The number of rotatable bonds is 8. The van der Waals surface area contributed by atoms with E-state index in [2.05, 4.69) is 4.72 Å². The predicted octanol–water partition coefficient (Wildman–Crippen LogP) is 0.234. The number of unbranched alkanes of at least 4 members (excludes halogenated alkanes) is 1. The van der Waals surface area contributed by atoms with E-state index in [9.17, 15) is 28.4 Å². The minimum atomic E-state index is -3.92. The summed E-state index contributed by atoms with van der Waals surface area (Å²) in [6.07, 6.45) is 1.00. The molecule has 4 N–H and O–H groups in total. The first-order valence-corrected chi connectivity index (χ1v) is 7.48. The summed E-state index contributed by atoms with van der Waals surface area (Å²) < 4.78 is 26.1. The van der Waals surface area contributed by atoms with Crippen LogP contribution < -0.4 is 10.5 Å². The average Bonchev–Trinajstić information content (AvgIpc) is 2.37. The van der Waals surface area contributed by atoms with E-state index in [0.29, 0.717) is 12.8 Å². The zero-order chi connectivity index (χ0) is 16.0. The SMILES string of the molecule is NC(=O)CCCCNS(=O)(=O)c1ccc(O)c([N+](=O)[O-])c1. The van der Waals surface area contributed by atoms with Gasteiger partial charge in [-0.2, -0.15) is 0 Å². The molecule has 0 aliphatic carbocycles. The maximum absolute atomic E-state index is 11.9. The Balaban J connectivity index is 2.72. The molecule has 0 aliphatic heterocycles. The number of amides is 1. The minimum absolute atomic E-state index is 0.0737. The number of sulfonamides is 1. The monoisotopic (exact) mass is 317 g/mol. The van der Waals surface area contributed by atoms with Crippen molar-refractivity contribution in [1.82, 2.24) is 4.72 Å². The van der Waals surface area contributed by atoms with E-state index < -0.39 is 32.3 Å². The normalized spacial score (nSPS) is 11.2. The number of nitrogens with two attached hydrogens (primary N) is 1. The highest BCUT2D eigenvalue weighted by molar-refractivity contribution is 7.89. The van der Waals surface area contributed by atoms with Crippen LogP contribution in [0.5, 0.6) is 5.75 Å². The van der Waals surface area contributed by atoms with Crippen molar-refractivity contribution in [2.75, 3.05) is 6.54 Å². The van der Waals surface area contributed by atoms with Crippen LogP contribution in [-0.4, -0.2) is 30.9 Å². The van der Waals surface area contributed by atoms with Crippen molar-refractivity contribution in [3.63, 3.8) is 0 Å². The zero-order valence-electron chi connectivity index (χ0n) is 11.0. The van der Waals surface area contributed by atoms with Crippen LogP contribution in [0.2, 0.25) is 0 Å². The topological polar surface area (TPSA) is 153 Å². The van der Waals surface area contributed by atoms with E-state index in [-0.39, 0.29) is 17.9 Å². The Labute approximate surface area is 121 Å². The van der Waals surface area contributed by atoms with Gasteiger partial charge in [0, 0.05) is 19.0 Å². The van der Waals surface area contributed by atoms with Crippen LogP contribution in [0.4, 0.5) is 5.69 Å². The van der Waals surface area contributed by atoms with Gasteiger partial charge in [0.25, 0.3) is 0 Å². The first-order chi connectivity index (χ1) is 9.74. The number of phenolic OH excluding ortho intramolecular Hbond substituents is 1. The average molecular weight is 317 g/mol. The summed E-state index contributed by atoms with van der Waals surface area (Å²) in [4.78, 5) is 20.0. The predicted molar refractivity (Wildman–Crippen MR) is 73.0 cm³/mol. The quantitative estimate of drug-likeness (QED) is 0.354. The summed E-state index contributed by atoms with van der Waals surface area (Å²) in [5.74, 6) is -1.08. The third-order valence-corrected chi connectivity index (χ3v) is 4.05. The van der Waals surface area contributed by atoms with Crippen LogP contribution in [0.1, 0.15) is 19.3 Å². The highest BCUT2D eigenvalue weighted by atomic mass is 32.2. The molecular weight excluding hydrogens is 302 g/mol. The fourth-order valence-electron chi connectivity index (χ4n) is 1.53. The number of hydrogen-bond acceptors (Lipinski definition) is 6. The molecule has 0 radical (unpaired) electrons. The lowest BCUT2D eigenvalue weighted by atomic mass is 10.2. The van der Waals surface area contributed by atoms with E-state index in [1.54, 1.807) is 0 Å². The fraction of sp³-hybridized carbons (Fsp3) is 0.364. The van der Waals surface area contributed by atoms with Crippen LogP contribution in [0.25, 0.3) is 0 Å². The molecule has 10 heteroatoms. The first kappa shape index (κ1) is 16.9. The summed E-state index contributed by atoms with van der Waals surface area (Å²) >= 11 is 0. The van der Waals surface area contributed by atoms with Gasteiger partial charge < -0.3 is 10.8 Å². The third kappa shape index (κ3) is 5.00. The van der Waals surface area contributed by atoms with E-state index in [0.717, 1.165) is 18.2 Å². The van der Waals surface area contributed by atoms with Crippen molar-refractivity contribution >= 4 is 21.6 Å². The summed E-state index contributed by atoms with van der Waals surface area (Å²) in [7, 11) is -3.92. The van der Waals surface area contributed by atoms with Gasteiger partial charge in [-0.05, 0) is 25.0 Å². The molecule has 0 saturated carbocycles. The number of hydrogen-bond donors (Lipinski definition) is 3. The second-order valence-corrected chi connectivity index (χ2v) is 6.00. The Morgan fingerprint density at radius 1 is 1.38 bits per heavy atom. The molecule has 0 aliphatic rings. The molecule has 1 rings (SSSR count). The molecule has 21 heavy (non-hydrogen) atoms. The largest absolute Gasteiger partial charge is 0.502 e. The van der Waals surface area contributed by atoms with Crippen molar-refractivity contribution < 1.29 is 23.2 Å². The van der Waals surface area contributed by atoms with Gasteiger partial charge in [0.15, 0.2) is 5.75 Å². The maximum Gasteiger partial charge on any atom is 0.312 e. The summed E-state index contributed by atoms with van der Waals surface area (Å²) in [5, 5.41) is 19.9. The van der Waals surface area contributed by atoms with Gasteiger partial charge in [0.2, 0.25) is 15.9 Å². The lowest BCUT2D eigenvalue weighted by Gasteiger charge is -2.06. The number of nitro benzene ring substituents is 1. The Morgan fingerprint density at radius 3 is 2.62 bits per heavy atom. The summed E-state index contributed by atoms with van der Waals surface area (Å²) in [5.41, 5.74) is 4.26. The van der Waals surface area contributed by atoms with E-state index in [1.165, 1.54) is 0 Å². The Kier molecular flexibility index (Phi) is 5.61. The molecule has 0 unspecified atom stereocenters. The van der Waals surface area contributed by atoms with Crippen LogP contribution in [0.15, 0.2) is 23.1 Å². The van der Waals surface area contributed by atoms with E-state index in [4.69, 9.17) is 5.73 Å². The van der Waals surface area contributed by atoms with Gasteiger partial charge in [-0.25, -0.2) is 13.1 Å². The molecular formula is C11H15N3O6S. The van der Waals surface area contributed by atoms with Crippen molar-refractivity contribution in [2.24, 2.45) is 5.73 Å². The highest BCUT2D eigenvalue weighted by Crippen LogP contribution is 2.28. The number of aromatic hydroxyl groups is 1. The molecule has 0 spiro atoms. The second-order valence-electron chi connectivity index (χ2n) is 4.23. The smallest absolute Gasteiger partial charge is 0.312 e. The van der Waals surface area contributed by atoms with Gasteiger partial charge in [0.05, 0.1) is 9.82 Å². The molecule has 116 valence electrons. The Morgan fingerprint density at radius 2 is 2.05 bits per heavy atom. The third-order valence-electron chi connectivity index (χ3n) is 2.60. The van der Waals surface area contributed by atoms with Crippen molar-refractivity contribution in [1.29, 1.82) is 0 Å². The molecule has 0 atom stereocenters. The maximum atomic E-state index is 11.9. The number of phenols is 1. The molecule has 9 nitrogen and oxygen atoms in total. The standard InChI is InChI=1S/C11H15N3O6S/c12-11(16)3-1-2-6-13-21(19,20)8-4-5-10(15)9(7-8)14(17)18/h4-5,7,13,15H,1-3,6H2,(H2,12,16). The lowest BCUT2D eigenvalue weighted by molar-refractivity contribution is -0.386. The molecule has 1 aromatic rings. The molecule has 1 aromatic carbocycles. The number of carbonyl (C=O) groups is 1. The van der Waals surface area contributed by atoms with E-state index in [1.807, 2.05) is 0 Å². The van der Waals surface area contributed by atoms with Crippen LogP contribution in [-0.2, 0) is 14.8 Å². The number of benzene rings is 1. The lowest BCUT2D eigenvalue weighted by Crippen LogP contribution is -2.25. The second kappa shape index (κ2) is 6.99. The van der Waals surface area contributed by atoms with Gasteiger partial charge >= 0.3 is 5.69 Å². The zero-order valence-corrected chi connectivity index (χ0v) is 11.8. The van der Waals surface area contributed by atoms with Crippen molar-refractivity contribution in [2.45, 2.75) is 24.2 Å².